The molecule has 0 heterocycles. The highest BCUT2D eigenvalue weighted by Crippen LogP contribution is 2.38. The van der Waals surface area contributed by atoms with Crippen molar-refractivity contribution in [3.05, 3.63) is 29.8 Å². The van der Waals surface area contributed by atoms with Crippen molar-refractivity contribution in [2.75, 3.05) is 0 Å². The number of phosphoric acid groups is 1. The number of phosphoric ester groups is 1. The van der Waals surface area contributed by atoms with Crippen LogP contribution in [0.2, 0.25) is 0 Å². The minimum Gasteiger partial charge on any atom is -0.404 e. The second-order valence-electron chi connectivity index (χ2n) is 5.35. The van der Waals surface area contributed by atoms with Crippen LogP contribution in [-0.4, -0.2) is 9.79 Å². The summed E-state index contributed by atoms with van der Waals surface area (Å²) in [5.74, 6) is 1.44. The molecule has 1 aromatic carbocycles. The Morgan fingerprint density at radius 1 is 1.10 bits per heavy atom. The van der Waals surface area contributed by atoms with Crippen molar-refractivity contribution in [3.63, 3.8) is 0 Å². The molecule has 2 unspecified atom stereocenters. The predicted octanol–water partition coefficient (Wildman–Crippen LogP) is 4.48. The van der Waals surface area contributed by atoms with E-state index in [0.29, 0.717) is 5.92 Å². The Balaban J connectivity index is 2.67. The monoisotopic (exact) mass is 300 g/mol. The first-order chi connectivity index (χ1) is 9.35. The van der Waals surface area contributed by atoms with Crippen molar-refractivity contribution in [1.29, 1.82) is 0 Å². The van der Waals surface area contributed by atoms with E-state index >= 15 is 0 Å². The lowest BCUT2D eigenvalue weighted by Crippen LogP contribution is -2.01. The van der Waals surface area contributed by atoms with Gasteiger partial charge in [-0.1, -0.05) is 45.7 Å². The molecule has 2 atom stereocenters. The van der Waals surface area contributed by atoms with Crippen LogP contribution in [0.5, 0.6) is 5.75 Å². The molecule has 0 amide bonds. The number of hydrogen-bond acceptors (Lipinski definition) is 2. The Morgan fingerprint density at radius 3 is 2.15 bits per heavy atom. The van der Waals surface area contributed by atoms with Gasteiger partial charge < -0.3 is 4.52 Å². The Bertz CT molecular complexity index is 438. The molecular weight excluding hydrogens is 275 g/mol. The van der Waals surface area contributed by atoms with E-state index in [1.165, 1.54) is 18.4 Å². The number of benzene rings is 1. The summed E-state index contributed by atoms with van der Waals surface area (Å²) in [6, 6.07) is 7.05. The molecule has 2 N–H and O–H groups in total. The summed E-state index contributed by atoms with van der Waals surface area (Å²) in [5.41, 5.74) is 1.20. The van der Waals surface area contributed by atoms with Gasteiger partial charge in [0.2, 0.25) is 0 Å². The van der Waals surface area contributed by atoms with Crippen LogP contribution in [0.25, 0.3) is 0 Å². The zero-order valence-corrected chi connectivity index (χ0v) is 13.3. The van der Waals surface area contributed by atoms with E-state index in [4.69, 9.17) is 9.79 Å². The molecule has 0 saturated carbocycles. The van der Waals surface area contributed by atoms with Crippen LogP contribution in [0.1, 0.15) is 57.9 Å². The van der Waals surface area contributed by atoms with Crippen molar-refractivity contribution in [2.45, 2.75) is 52.4 Å². The molecule has 0 aliphatic heterocycles. The van der Waals surface area contributed by atoms with E-state index in [2.05, 4.69) is 25.3 Å². The first-order valence-electron chi connectivity index (χ1n) is 7.20. The first-order valence-corrected chi connectivity index (χ1v) is 8.73. The fraction of sp³-hybridized carbons (Fsp3) is 0.600. The average Bonchev–Trinajstić information content (AvgIpc) is 2.39. The molecule has 0 spiro atoms. The lowest BCUT2D eigenvalue weighted by molar-refractivity contribution is 0.283. The summed E-state index contributed by atoms with van der Waals surface area (Å²) < 4.78 is 15.3. The second kappa shape index (κ2) is 7.82. The van der Waals surface area contributed by atoms with E-state index in [-0.39, 0.29) is 5.75 Å². The Labute approximate surface area is 121 Å². The molecule has 0 aliphatic rings. The van der Waals surface area contributed by atoms with E-state index in [0.717, 1.165) is 18.8 Å². The van der Waals surface area contributed by atoms with Gasteiger partial charge in [-0.15, -0.1) is 0 Å². The quantitative estimate of drug-likeness (QED) is 0.695. The van der Waals surface area contributed by atoms with E-state index in [9.17, 15) is 4.57 Å². The normalized spacial score (nSPS) is 14.8. The molecule has 0 saturated heterocycles. The first kappa shape index (κ1) is 17.2. The van der Waals surface area contributed by atoms with Crippen LogP contribution in [0.3, 0.4) is 0 Å². The summed E-state index contributed by atoms with van der Waals surface area (Å²) in [6.45, 7) is 6.64. The van der Waals surface area contributed by atoms with E-state index in [1.807, 2.05) is 12.1 Å². The molecule has 1 aromatic rings. The maximum atomic E-state index is 10.8. The molecule has 4 nitrogen and oxygen atoms in total. The van der Waals surface area contributed by atoms with Gasteiger partial charge in [0.05, 0.1) is 0 Å². The standard InChI is InChI=1S/C15H25O4P/c1-4-12(3)6-7-13(5-2)14-8-10-15(11-9-14)19-20(16,17)18/h8-13H,4-7H2,1-3H3,(H2,16,17,18). The van der Waals surface area contributed by atoms with Gasteiger partial charge in [0.1, 0.15) is 5.75 Å². The lowest BCUT2D eigenvalue weighted by atomic mass is 9.88. The van der Waals surface area contributed by atoms with Crippen LogP contribution in [-0.2, 0) is 4.57 Å². The number of hydrogen-bond donors (Lipinski definition) is 2. The van der Waals surface area contributed by atoms with Crippen molar-refractivity contribution in [2.24, 2.45) is 5.92 Å². The zero-order chi connectivity index (χ0) is 15.2. The molecule has 5 heteroatoms. The highest BCUT2D eigenvalue weighted by Gasteiger charge is 2.16. The van der Waals surface area contributed by atoms with Gasteiger partial charge in [-0.25, -0.2) is 4.57 Å². The Morgan fingerprint density at radius 2 is 1.70 bits per heavy atom. The molecule has 0 bridgehead atoms. The summed E-state index contributed by atoms with van der Waals surface area (Å²) in [6.07, 6.45) is 4.61. The van der Waals surface area contributed by atoms with Crippen molar-refractivity contribution in [3.8, 4) is 5.75 Å². The SMILES string of the molecule is CCC(C)CCC(CC)c1ccc(OP(=O)(O)O)cc1. The van der Waals surface area contributed by atoms with Crippen molar-refractivity contribution < 1.29 is 18.9 Å². The third-order valence-electron chi connectivity index (χ3n) is 3.77. The third-order valence-corrected chi connectivity index (χ3v) is 4.22. The van der Waals surface area contributed by atoms with Gasteiger partial charge in [-0.05, 0) is 42.4 Å². The Kier molecular flexibility index (Phi) is 6.74. The zero-order valence-electron chi connectivity index (χ0n) is 12.5. The smallest absolute Gasteiger partial charge is 0.404 e. The fourth-order valence-electron chi connectivity index (χ4n) is 2.23. The van der Waals surface area contributed by atoms with Gasteiger partial charge in [0.15, 0.2) is 0 Å². The van der Waals surface area contributed by atoms with Crippen LogP contribution in [0.15, 0.2) is 24.3 Å². The van der Waals surface area contributed by atoms with Crippen molar-refractivity contribution >= 4 is 7.82 Å². The maximum absolute atomic E-state index is 10.8. The lowest BCUT2D eigenvalue weighted by Gasteiger charge is -2.18. The molecule has 0 aliphatic carbocycles. The predicted molar refractivity (Wildman–Crippen MR) is 80.8 cm³/mol. The molecule has 114 valence electrons. The highest BCUT2D eigenvalue weighted by molar-refractivity contribution is 7.46. The second-order valence-corrected chi connectivity index (χ2v) is 6.51. The van der Waals surface area contributed by atoms with Crippen LogP contribution in [0, 0.1) is 5.92 Å². The molecule has 0 fully saturated rings. The minimum absolute atomic E-state index is 0.207. The third kappa shape index (κ3) is 6.08. The van der Waals surface area contributed by atoms with Gasteiger partial charge in [-0.2, -0.15) is 0 Å². The van der Waals surface area contributed by atoms with Crippen LogP contribution >= 0.6 is 7.82 Å². The molecule has 1 rings (SSSR count). The van der Waals surface area contributed by atoms with E-state index in [1.54, 1.807) is 12.1 Å². The van der Waals surface area contributed by atoms with Gasteiger partial charge >= 0.3 is 7.82 Å². The molecule has 0 aromatic heterocycles. The molecule has 0 radical (unpaired) electrons. The highest BCUT2D eigenvalue weighted by atomic mass is 31.2. The van der Waals surface area contributed by atoms with Gasteiger partial charge in [0.25, 0.3) is 0 Å². The van der Waals surface area contributed by atoms with Crippen molar-refractivity contribution in [1.82, 2.24) is 0 Å². The maximum Gasteiger partial charge on any atom is 0.524 e. The topological polar surface area (TPSA) is 66.8 Å². The summed E-state index contributed by atoms with van der Waals surface area (Å²) >= 11 is 0. The minimum atomic E-state index is -4.46. The Hall–Kier alpha value is -0.830. The fourth-order valence-corrected chi connectivity index (χ4v) is 2.63. The van der Waals surface area contributed by atoms with Gasteiger partial charge in [0, 0.05) is 0 Å². The van der Waals surface area contributed by atoms with Gasteiger partial charge in [-0.3, -0.25) is 9.79 Å². The largest absolute Gasteiger partial charge is 0.524 e. The van der Waals surface area contributed by atoms with Crippen LogP contribution in [0.4, 0.5) is 0 Å². The average molecular weight is 300 g/mol. The van der Waals surface area contributed by atoms with E-state index < -0.39 is 7.82 Å². The molecule has 20 heavy (non-hydrogen) atoms. The number of rotatable bonds is 8. The molecular formula is C15H25O4P. The summed E-state index contributed by atoms with van der Waals surface area (Å²) in [7, 11) is -4.46. The summed E-state index contributed by atoms with van der Waals surface area (Å²) in [4.78, 5) is 17.5. The summed E-state index contributed by atoms with van der Waals surface area (Å²) in [5, 5.41) is 0. The van der Waals surface area contributed by atoms with Crippen LogP contribution < -0.4 is 4.52 Å².